The molecule has 3 nitrogen and oxygen atoms in total. The van der Waals surface area contributed by atoms with Crippen LogP contribution in [0.3, 0.4) is 0 Å². The van der Waals surface area contributed by atoms with E-state index in [2.05, 4.69) is 18.9 Å². The third-order valence-corrected chi connectivity index (χ3v) is 2.47. The van der Waals surface area contributed by atoms with Crippen LogP contribution in [0.1, 0.15) is 35.9 Å². The molecule has 0 spiro atoms. The highest BCUT2D eigenvalue weighted by Gasteiger charge is 2.11. The molecule has 2 rings (SSSR count). The number of aromatic nitrogens is 2. The van der Waals surface area contributed by atoms with Gasteiger partial charge < -0.3 is 0 Å². The molecule has 0 bridgehead atoms. The molecular formula is C13H14N2O. The van der Waals surface area contributed by atoms with Crippen LogP contribution < -0.4 is 0 Å². The highest BCUT2D eigenvalue weighted by atomic mass is 16.1. The third-order valence-electron chi connectivity index (χ3n) is 2.47. The van der Waals surface area contributed by atoms with Gasteiger partial charge >= 0.3 is 0 Å². The molecule has 0 N–H and O–H groups in total. The van der Waals surface area contributed by atoms with E-state index in [1.54, 1.807) is 0 Å². The van der Waals surface area contributed by atoms with Gasteiger partial charge in [-0.05, 0) is 24.1 Å². The first-order chi connectivity index (χ1) is 7.72. The minimum absolute atomic E-state index is 0.335. The summed E-state index contributed by atoms with van der Waals surface area (Å²) in [5, 5.41) is 4.27. The van der Waals surface area contributed by atoms with Gasteiger partial charge in [-0.25, -0.2) is 4.68 Å². The fraction of sp³-hybridized carbons (Fsp3) is 0.231. The molecule has 2 aromatic rings. The molecule has 1 aromatic heterocycles. The Morgan fingerprint density at radius 3 is 2.50 bits per heavy atom. The van der Waals surface area contributed by atoms with Crippen molar-refractivity contribution in [2.45, 2.75) is 19.8 Å². The molecule has 3 heteroatoms. The molecular weight excluding hydrogens is 200 g/mol. The van der Waals surface area contributed by atoms with Crippen molar-refractivity contribution in [3.63, 3.8) is 0 Å². The van der Waals surface area contributed by atoms with Crippen LogP contribution in [0, 0.1) is 0 Å². The SMILES string of the molecule is CC(C)c1cc(C=O)nn1-c1ccccc1. The first-order valence-corrected chi connectivity index (χ1v) is 5.33. The minimum atomic E-state index is 0.335. The van der Waals surface area contributed by atoms with Gasteiger partial charge in [0.05, 0.1) is 5.69 Å². The molecule has 0 unspecified atom stereocenters. The number of carbonyl (C=O) groups excluding carboxylic acids is 1. The molecule has 0 amide bonds. The zero-order chi connectivity index (χ0) is 11.5. The Kier molecular flexibility index (Phi) is 2.86. The zero-order valence-corrected chi connectivity index (χ0v) is 9.42. The maximum atomic E-state index is 10.8. The van der Waals surface area contributed by atoms with Crippen LogP contribution in [0.2, 0.25) is 0 Å². The number of aldehydes is 1. The summed E-state index contributed by atoms with van der Waals surface area (Å²) in [6.45, 7) is 4.18. The van der Waals surface area contributed by atoms with Crippen LogP contribution in [-0.2, 0) is 0 Å². The smallest absolute Gasteiger partial charge is 0.170 e. The van der Waals surface area contributed by atoms with Crippen molar-refractivity contribution in [2.24, 2.45) is 0 Å². The highest BCUT2D eigenvalue weighted by Crippen LogP contribution is 2.19. The summed E-state index contributed by atoms with van der Waals surface area (Å²) in [6, 6.07) is 11.7. The van der Waals surface area contributed by atoms with Gasteiger partial charge in [0, 0.05) is 5.69 Å². The van der Waals surface area contributed by atoms with Crippen molar-refractivity contribution in [1.29, 1.82) is 0 Å². The van der Waals surface area contributed by atoms with E-state index in [0.717, 1.165) is 17.7 Å². The maximum Gasteiger partial charge on any atom is 0.170 e. The quantitative estimate of drug-likeness (QED) is 0.736. The van der Waals surface area contributed by atoms with Crippen LogP contribution in [-0.4, -0.2) is 16.1 Å². The van der Waals surface area contributed by atoms with Crippen LogP contribution in [0.5, 0.6) is 0 Å². The van der Waals surface area contributed by atoms with Crippen molar-refractivity contribution in [2.75, 3.05) is 0 Å². The molecule has 0 atom stereocenters. The molecule has 0 radical (unpaired) electrons. The summed E-state index contributed by atoms with van der Waals surface area (Å²) in [7, 11) is 0. The highest BCUT2D eigenvalue weighted by molar-refractivity contribution is 5.72. The van der Waals surface area contributed by atoms with E-state index in [1.165, 1.54) is 0 Å². The molecule has 1 aromatic carbocycles. The monoisotopic (exact) mass is 214 g/mol. The second kappa shape index (κ2) is 4.31. The Bertz CT molecular complexity index is 486. The third kappa shape index (κ3) is 1.89. The minimum Gasteiger partial charge on any atom is -0.296 e. The van der Waals surface area contributed by atoms with Gasteiger partial charge in [0.1, 0.15) is 5.69 Å². The molecule has 0 fully saturated rings. The van der Waals surface area contributed by atoms with E-state index in [1.807, 2.05) is 41.1 Å². The molecule has 0 aliphatic carbocycles. The molecule has 1 heterocycles. The van der Waals surface area contributed by atoms with E-state index in [4.69, 9.17) is 0 Å². The van der Waals surface area contributed by atoms with Crippen molar-refractivity contribution >= 4 is 6.29 Å². The fourth-order valence-electron chi connectivity index (χ4n) is 1.66. The first-order valence-electron chi connectivity index (χ1n) is 5.33. The van der Waals surface area contributed by atoms with E-state index >= 15 is 0 Å². The Morgan fingerprint density at radius 2 is 1.94 bits per heavy atom. The average molecular weight is 214 g/mol. The molecule has 0 aliphatic heterocycles. The van der Waals surface area contributed by atoms with Crippen LogP contribution in [0.25, 0.3) is 5.69 Å². The molecule has 0 aliphatic rings. The zero-order valence-electron chi connectivity index (χ0n) is 9.42. The summed E-state index contributed by atoms with van der Waals surface area (Å²) < 4.78 is 1.83. The molecule has 0 saturated heterocycles. The van der Waals surface area contributed by atoms with Crippen LogP contribution in [0.15, 0.2) is 36.4 Å². The number of nitrogens with zero attached hydrogens (tertiary/aromatic N) is 2. The number of hydrogen-bond acceptors (Lipinski definition) is 2. The fourth-order valence-corrected chi connectivity index (χ4v) is 1.66. The molecule has 0 saturated carbocycles. The largest absolute Gasteiger partial charge is 0.296 e. The Labute approximate surface area is 94.7 Å². The number of rotatable bonds is 3. The lowest BCUT2D eigenvalue weighted by Crippen LogP contribution is -2.03. The van der Waals surface area contributed by atoms with Crippen molar-refractivity contribution in [3.05, 3.63) is 47.8 Å². The number of benzene rings is 1. The van der Waals surface area contributed by atoms with E-state index in [-0.39, 0.29) is 0 Å². The summed E-state index contributed by atoms with van der Waals surface area (Å²) >= 11 is 0. The topological polar surface area (TPSA) is 34.9 Å². The Hall–Kier alpha value is -1.90. The molecule has 82 valence electrons. The van der Waals surface area contributed by atoms with E-state index < -0.39 is 0 Å². The summed E-state index contributed by atoms with van der Waals surface area (Å²) in [5.41, 5.74) is 2.51. The van der Waals surface area contributed by atoms with Gasteiger partial charge in [-0.15, -0.1) is 0 Å². The summed E-state index contributed by atoms with van der Waals surface area (Å²) in [4.78, 5) is 10.8. The maximum absolute atomic E-state index is 10.8. The van der Waals surface area contributed by atoms with Gasteiger partial charge in [-0.2, -0.15) is 5.10 Å². The summed E-state index contributed by atoms with van der Waals surface area (Å²) in [6.07, 6.45) is 0.783. The van der Waals surface area contributed by atoms with Gasteiger partial charge in [-0.1, -0.05) is 32.0 Å². The van der Waals surface area contributed by atoms with Crippen LogP contribution >= 0.6 is 0 Å². The van der Waals surface area contributed by atoms with Gasteiger partial charge in [0.15, 0.2) is 6.29 Å². The number of hydrogen-bond donors (Lipinski definition) is 0. The van der Waals surface area contributed by atoms with Gasteiger partial charge in [0.2, 0.25) is 0 Å². The Morgan fingerprint density at radius 1 is 1.25 bits per heavy atom. The summed E-state index contributed by atoms with van der Waals surface area (Å²) in [5.74, 6) is 0.335. The standard InChI is InChI=1S/C13H14N2O/c1-10(2)13-8-11(9-16)14-15(13)12-6-4-3-5-7-12/h3-10H,1-2H3. The van der Waals surface area contributed by atoms with Gasteiger partial charge in [0.25, 0.3) is 0 Å². The predicted molar refractivity (Wildman–Crippen MR) is 63.0 cm³/mol. The predicted octanol–water partition coefficient (Wildman–Crippen LogP) is 2.81. The van der Waals surface area contributed by atoms with Crippen molar-refractivity contribution in [3.8, 4) is 5.69 Å². The van der Waals surface area contributed by atoms with Gasteiger partial charge in [-0.3, -0.25) is 4.79 Å². The Balaban J connectivity index is 2.55. The lowest BCUT2D eigenvalue weighted by atomic mass is 10.1. The van der Waals surface area contributed by atoms with Crippen molar-refractivity contribution < 1.29 is 4.79 Å². The van der Waals surface area contributed by atoms with Crippen LogP contribution in [0.4, 0.5) is 0 Å². The normalized spacial score (nSPS) is 10.7. The van der Waals surface area contributed by atoms with Crippen molar-refractivity contribution in [1.82, 2.24) is 9.78 Å². The van der Waals surface area contributed by atoms with E-state index in [0.29, 0.717) is 11.6 Å². The second-order valence-electron chi connectivity index (χ2n) is 4.01. The first kappa shape index (κ1) is 10.6. The lowest BCUT2D eigenvalue weighted by molar-refractivity contribution is 0.111. The molecule has 16 heavy (non-hydrogen) atoms. The lowest BCUT2D eigenvalue weighted by Gasteiger charge is -2.09. The van der Waals surface area contributed by atoms with E-state index in [9.17, 15) is 4.79 Å². The number of carbonyl (C=O) groups is 1. The second-order valence-corrected chi connectivity index (χ2v) is 4.01. The average Bonchev–Trinajstić information content (AvgIpc) is 2.74. The number of para-hydroxylation sites is 1.